The number of fused-ring (bicyclic) bond motifs is 1. The third-order valence-corrected chi connectivity index (χ3v) is 3.59. The lowest BCUT2D eigenvalue weighted by Gasteiger charge is -2.04. The molecule has 0 aromatic carbocycles. The average molecular weight is 199 g/mol. The van der Waals surface area contributed by atoms with E-state index in [1.54, 1.807) is 23.4 Å². The zero-order valence-corrected chi connectivity index (χ0v) is 8.41. The molecule has 2 nitrogen and oxygen atoms in total. The lowest BCUT2D eigenvalue weighted by molar-refractivity contribution is 0.741. The first-order valence-corrected chi connectivity index (χ1v) is 5.18. The summed E-state index contributed by atoms with van der Waals surface area (Å²) in [5, 5.41) is 0.744. The van der Waals surface area contributed by atoms with Crippen LogP contribution in [0.15, 0.2) is 20.8 Å². The lowest BCUT2D eigenvalue weighted by atomic mass is 10.2. The average Bonchev–Trinajstić information content (AvgIpc) is 2.48. The molecule has 2 heterocycles. The number of hydrogen-bond acceptors (Lipinski definition) is 3. The maximum Gasteiger partial charge on any atom is 0.255 e. The van der Waals surface area contributed by atoms with Crippen molar-refractivity contribution < 1.29 is 0 Å². The van der Waals surface area contributed by atoms with Gasteiger partial charge in [-0.25, -0.2) is 0 Å². The minimum atomic E-state index is 0.113. The molecule has 1 aromatic rings. The van der Waals surface area contributed by atoms with Gasteiger partial charge in [-0.15, -0.1) is 24.4 Å². The van der Waals surface area contributed by atoms with Crippen LogP contribution in [0.4, 0.5) is 0 Å². The van der Waals surface area contributed by atoms with E-state index in [-0.39, 0.29) is 5.56 Å². The molecule has 1 aliphatic heterocycles. The molecule has 0 saturated carbocycles. The van der Waals surface area contributed by atoms with Crippen molar-refractivity contribution in [2.45, 2.75) is 16.3 Å². The fraction of sp³-hybridized carbons (Fsp3) is 0.375. The van der Waals surface area contributed by atoms with Crippen LogP contribution in [-0.2, 0) is 13.5 Å². The van der Waals surface area contributed by atoms with Gasteiger partial charge < -0.3 is 4.57 Å². The first-order chi connectivity index (χ1) is 5.70. The van der Waals surface area contributed by atoms with Crippen molar-refractivity contribution in [1.82, 2.24) is 4.57 Å². The highest BCUT2D eigenvalue weighted by Crippen LogP contribution is 2.29. The minimum Gasteiger partial charge on any atom is -0.306 e. The number of rotatable bonds is 0. The van der Waals surface area contributed by atoms with Crippen molar-refractivity contribution >= 4 is 24.4 Å². The molecule has 1 aliphatic rings. The Labute approximate surface area is 80.4 Å². The van der Waals surface area contributed by atoms with E-state index < -0.39 is 0 Å². The molecular weight excluding hydrogens is 190 g/mol. The van der Waals surface area contributed by atoms with Gasteiger partial charge >= 0.3 is 0 Å². The van der Waals surface area contributed by atoms with E-state index in [9.17, 15) is 4.79 Å². The van der Waals surface area contributed by atoms with Gasteiger partial charge in [0, 0.05) is 23.3 Å². The first-order valence-electron chi connectivity index (χ1n) is 3.75. The molecule has 0 atom stereocenters. The van der Waals surface area contributed by atoms with E-state index in [4.69, 9.17) is 0 Å². The molecule has 0 aliphatic carbocycles. The highest BCUT2D eigenvalue weighted by molar-refractivity contribution is 7.99. The van der Waals surface area contributed by atoms with Gasteiger partial charge in [0.2, 0.25) is 0 Å². The predicted octanol–water partition coefficient (Wildman–Crippen LogP) is 1.32. The molecule has 12 heavy (non-hydrogen) atoms. The first kappa shape index (κ1) is 8.26. The van der Waals surface area contributed by atoms with E-state index in [0.29, 0.717) is 0 Å². The van der Waals surface area contributed by atoms with Crippen LogP contribution in [-0.4, -0.2) is 10.3 Å². The second-order valence-corrected chi connectivity index (χ2v) is 4.40. The smallest absolute Gasteiger partial charge is 0.255 e. The van der Waals surface area contributed by atoms with Gasteiger partial charge in [-0.1, -0.05) is 0 Å². The Kier molecular flexibility index (Phi) is 1.96. The van der Waals surface area contributed by atoms with E-state index in [0.717, 1.165) is 27.7 Å². The number of hydrogen-bond donors (Lipinski definition) is 1. The summed E-state index contributed by atoms with van der Waals surface area (Å²) >= 11 is 5.96. The summed E-state index contributed by atoms with van der Waals surface area (Å²) in [5.41, 5.74) is 1.07. The van der Waals surface area contributed by atoms with Gasteiger partial charge in [0.1, 0.15) is 0 Å². The maximum atomic E-state index is 11.6. The van der Waals surface area contributed by atoms with Crippen LogP contribution in [0.25, 0.3) is 0 Å². The Morgan fingerprint density at radius 1 is 1.67 bits per heavy atom. The largest absolute Gasteiger partial charge is 0.306 e. The number of thioether (sulfide) groups is 1. The number of thiol groups is 1. The van der Waals surface area contributed by atoms with Crippen molar-refractivity contribution in [2.24, 2.45) is 7.05 Å². The minimum absolute atomic E-state index is 0.113. The fourth-order valence-electron chi connectivity index (χ4n) is 1.34. The van der Waals surface area contributed by atoms with Gasteiger partial charge in [0.15, 0.2) is 0 Å². The van der Waals surface area contributed by atoms with E-state index in [1.807, 2.05) is 6.07 Å². The molecule has 0 saturated heterocycles. The molecule has 0 unspecified atom stereocenters. The highest BCUT2D eigenvalue weighted by Gasteiger charge is 2.16. The standard InChI is InChI=1S/C8H9NOS2/c1-9-7(11)4-6-5(8(9)10)2-3-12-6/h4,11H,2-3H2,1H3. The van der Waals surface area contributed by atoms with Crippen molar-refractivity contribution in [1.29, 1.82) is 0 Å². The molecule has 0 amide bonds. The van der Waals surface area contributed by atoms with Crippen LogP contribution in [0.5, 0.6) is 0 Å². The van der Waals surface area contributed by atoms with Crippen molar-refractivity contribution in [2.75, 3.05) is 5.75 Å². The highest BCUT2D eigenvalue weighted by atomic mass is 32.2. The normalized spacial score (nSPS) is 14.8. The summed E-state index contributed by atoms with van der Waals surface area (Å²) in [6, 6.07) is 1.97. The molecule has 0 N–H and O–H groups in total. The van der Waals surface area contributed by atoms with Gasteiger partial charge in [-0.3, -0.25) is 4.79 Å². The van der Waals surface area contributed by atoms with Crippen LogP contribution in [0.3, 0.4) is 0 Å². The summed E-state index contributed by atoms with van der Waals surface area (Å²) < 4.78 is 1.59. The number of aromatic nitrogens is 1. The second-order valence-electron chi connectivity index (χ2n) is 2.81. The van der Waals surface area contributed by atoms with Gasteiger partial charge in [0.05, 0.1) is 5.03 Å². The molecular formula is C8H9NOS2. The van der Waals surface area contributed by atoms with E-state index in [1.165, 1.54) is 0 Å². The lowest BCUT2D eigenvalue weighted by Crippen LogP contribution is -2.21. The molecule has 0 fully saturated rings. The fourth-order valence-corrected chi connectivity index (χ4v) is 2.73. The Balaban J connectivity index is 2.76. The monoisotopic (exact) mass is 199 g/mol. The molecule has 1 aromatic heterocycles. The Bertz CT molecular complexity index is 383. The van der Waals surface area contributed by atoms with Crippen molar-refractivity contribution in [3.63, 3.8) is 0 Å². The van der Waals surface area contributed by atoms with Crippen molar-refractivity contribution in [3.05, 3.63) is 22.0 Å². The number of nitrogens with zero attached hydrogens (tertiary/aromatic N) is 1. The molecule has 0 bridgehead atoms. The van der Waals surface area contributed by atoms with Crippen LogP contribution >= 0.6 is 24.4 Å². The summed E-state index contributed by atoms with van der Waals surface area (Å²) in [6.45, 7) is 0. The zero-order valence-electron chi connectivity index (χ0n) is 6.70. The molecule has 0 spiro atoms. The zero-order chi connectivity index (χ0) is 8.72. The molecule has 2 rings (SSSR count). The topological polar surface area (TPSA) is 22.0 Å². The van der Waals surface area contributed by atoms with Gasteiger partial charge in [0.25, 0.3) is 5.56 Å². The molecule has 4 heteroatoms. The summed E-state index contributed by atoms with van der Waals surface area (Å²) in [6.07, 6.45) is 0.904. The third-order valence-electron chi connectivity index (χ3n) is 2.07. The van der Waals surface area contributed by atoms with E-state index >= 15 is 0 Å². The summed E-state index contributed by atoms with van der Waals surface area (Å²) in [4.78, 5) is 12.7. The van der Waals surface area contributed by atoms with Crippen molar-refractivity contribution in [3.8, 4) is 0 Å². The van der Waals surface area contributed by atoms with Crippen LogP contribution in [0, 0.1) is 0 Å². The van der Waals surface area contributed by atoms with Gasteiger partial charge in [-0.05, 0) is 12.5 Å². The quantitative estimate of drug-likeness (QED) is 0.637. The number of pyridine rings is 1. The Hall–Kier alpha value is -0.350. The molecule has 0 radical (unpaired) electrons. The van der Waals surface area contributed by atoms with E-state index in [2.05, 4.69) is 12.6 Å². The predicted molar refractivity (Wildman–Crippen MR) is 53.4 cm³/mol. The third kappa shape index (κ3) is 1.10. The van der Waals surface area contributed by atoms with Gasteiger partial charge in [-0.2, -0.15) is 0 Å². The Morgan fingerprint density at radius 3 is 3.17 bits per heavy atom. The molecule has 64 valence electrons. The SMILES string of the molecule is Cn1c(S)cc2c(c1=O)CCS2. The Morgan fingerprint density at radius 2 is 2.42 bits per heavy atom. The summed E-state index contributed by atoms with van der Waals surface area (Å²) in [7, 11) is 1.76. The van der Waals surface area contributed by atoms with Crippen LogP contribution < -0.4 is 5.56 Å². The maximum absolute atomic E-state index is 11.6. The summed E-state index contributed by atoms with van der Waals surface area (Å²) in [5.74, 6) is 1.03. The van der Waals surface area contributed by atoms with Crippen LogP contribution in [0.2, 0.25) is 0 Å². The second kappa shape index (κ2) is 2.85. The van der Waals surface area contributed by atoms with Crippen LogP contribution in [0.1, 0.15) is 5.56 Å².